The lowest BCUT2D eigenvalue weighted by Crippen LogP contribution is -2.23. The summed E-state index contributed by atoms with van der Waals surface area (Å²) in [6, 6.07) is 0. The van der Waals surface area contributed by atoms with Crippen LogP contribution in [0.2, 0.25) is 0 Å². The van der Waals surface area contributed by atoms with E-state index in [0.717, 1.165) is 32.1 Å². The van der Waals surface area contributed by atoms with Gasteiger partial charge in [0.25, 0.3) is 0 Å². The van der Waals surface area contributed by atoms with Crippen LogP contribution in [0.5, 0.6) is 0 Å². The van der Waals surface area contributed by atoms with Gasteiger partial charge < -0.3 is 19.6 Å². The molecule has 0 amide bonds. The number of hydrogen-bond donors (Lipinski definition) is 3. The Morgan fingerprint density at radius 2 is 1.60 bits per heavy atom. The summed E-state index contributed by atoms with van der Waals surface area (Å²) in [7, 11) is -4.61. The van der Waals surface area contributed by atoms with Crippen molar-refractivity contribution in [2.45, 2.75) is 77.2 Å². The standard InChI is InChI=1S/C17H33O7P/c1-2-3-4-5-6-7-8-9-10-11-12-13-17(19)23-14-16(18)15-24-25(20,21)22/h7-8,16,18H,2-6,9-15H2,1H3,(H2,20,21,22)/b8-7-/t16-/m1/s1. The summed E-state index contributed by atoms with van der Waals surface area (Å²) in [5, 5.41) is 9.37. The van der Waals surface area contributed by atoms with E-state index in [2.05, 4.69) is 23.6 Å². The first-order valence-electron chi connectivity index (χ1n) is 9.04. The van der Waals surface area contributed by atoms with Crippen LogP contribution in [0.4, 0.5) is 0 Å². The fourth-order valence-corrected chi connectivity index (χ4v) is 2.49. The van der Waals surface area contributed by atoms with E-state index in [9.17, 15) is 14.5 Å². The molecule has 0 heterocycles. The molecule has 25 heavy (non-hydrogen) atoms. The summed E-state index contributed by atoms with van der Waals surface area (Å²) in [6.45, 7) is 1.29. The highest BCUT2D eigenvalue weighted by Gasteiger charge is 2.17. The number of unbranched alkanes of at least 4 members (excludes halogenated alkanes) is 7. The van der Waals surface area contributed by atoms with E-state index in [-0.39, 0.29) is 13.0 Å². The van der Waals surface area contributed by atoms with Gasteiger partial charge in [-0.25, -0.2) is 4.57 Å². The zero-order chi connectivity index (χ0) is 19.0. The maximum absolute atomic E-state index is 11.5. The zero-order valence-electron chi connectivity index (χ0n) is 15.1. The van der Waals surface area contributed by atoms with Crippen molar-refractivity contribution in [2.24, 2.45) is 0 Å². The number of carbonyl (C=O) groups is 1. The van der Waals surface area contributed by atoms with Gasteiger partial charge in [-0.1, -0.05) is 44.8 Å². The van der Waals surface area contributed by atoms with E-state index in [1.54, 1.807) is 0 Å². The highest BCUT2D eigenvalue weighted by atomic mass is 31.2. The summed E-state index contributed by atoms with van der Waals surface area (Å²) < 4.78 is 19.4. The van der Waals surface area contributed by atoms with Crippen molar-refractivity contribution in [3.8, 4) is 0 Å². The summed E-state index contributed by atoms with van der Waals surface area (Å²) in [5.41, 5.74) is 0. The Kier molecular flexibility index (Phi) is 15.1. The molecule has 0 aliphatic rings. The summed E-state index contributed by atoms with van der Waals surface area (Å²) >= 11 is 0. The maximum Gasteiger partial charge on any atom is 0.469 e. The molecule has 7 nitrogen and oxygen atoms in total. The zero-order valence-corrected chi connectivity index (χ0v) is 16.0. The van der Waals surface area contributed by atoms with Crippen LogP contribution in [0.25, 0.3) is 0 Å². The summed E-state index contributed by atoms with van der Waals surface area (Å²) in [5.74, 6) is -0.429. The number of carbonyl (C=O) groups excluding carboxylic acids is 1. The van der Waals surface area contributed by atoms with Crippen molar-refractivity contribution in [2.75, 3.05) is 13.2 Å². The molecule has 1 atom stereocenters. The SMILES string of the molecule is CCCCCC/C=C\CCCCCC(=O)OC[C@@H](O)COP(=O)(O)O. The second-order valence-corrected chi connectivity index (χ2v) is 7.28. The van der Waals surface area contributed by atoms with E-state index in [4.69, 9.17) is 14.5 Å². The fourth-order valence-electron chi connectivity index (χ4n) is 2.13. The number of esters is 1. The summed E-state index contributed by atoms with van der Waals surface area (Å²) in [4.78, 5) is 28.4. The molecule has 0 unspecified atom stereocenters. The van der Waals surface area contributed by atoms with Crippen LogP contribution in [0.3, 0.4) is 0 Å². The van der Waals surface area contributed by atoms with Crippen LogP contribution in [0.1, 0.15) is 71.1 Å². The number of allylic oxidation sites excluding steroid dienone is 2. The van der Waals surface area contributed by atoms with Crippen LogP contribution in [-0.4, -0.2) is 40.2 Å². The van der Waals surface area contributed by atoms with Crippen molar-refractivity contribution in [3.63, 3.8) is 0 Å². The molecule has 0 saturated heterocycles. The van der Waals surface area contributed by atoms with Gasteiger partial charge in [0.05, 0.1) is 6.61 Å². The van der Waals surface area contributed by atoms with Crippen molar-refractivity contribution >= 4 is 13.8 Å². The first-order valence-corrected chi connectivity index (χ1v) is 10.6. The molecular formula is C17H33O7P. The van der Waals surface area contributed by atoms with E-state index in [1.807, 2.05) is 0 Å². The van der Waals surface area contributed by atoms with Gasteiger partial charge in [-0.05, 0) is 32.1 Å². The van der Waals surface area contributed by atoms with Gasteiger partial charge in [0.15, 0.2) is 0 Å². The van der Waals surface area contributed by atoms with Crippen molar-refractivity contribution in [1.29, 1.82) is 0 Å². The number of phosphoric ester groups is 1. The number of hydrogen-bond acceptors (Lipinski definition) is 5. The van der Waals surface area contributed by atoms with Crippen molar-refractivity contribution in [3.05, 3.63) is 12.2 Å². The Morgan fingerprint density at radius 3 is 2.16 bits per heavy atom. The largest absolute Gasteiger partial charge is 0.469 e. The second-order valence-electron chi connectivity index (χ2n) is 6.04. The van der Waals surface area contributed by atoms with Gasteiger partial charge >= 0.3 is 13.8 Å². The molecule has 0 spiro atoms. The number of ether oxygens (including phenoxy) is 1. The van der Waals surface area contributed by atoms with Gasteiger partial charge in [0.2, 0.25) is 0 Å². The highest BCUT2D eigenvalue weighted by molar-refractivity contribution is 7.46. The molecular weight excluding hydrogens is 347 g/mol. The molecule has 0 aliphatic heterocycles. The van der Waals surface area contributed by atoms with Crippen molar-refractivity contribution in [1.82, 2.24) is 0 Å². The molecule has 0 fully saturated rings. The van der Waals surface area contributed by atoms with Crippen LogP contribution in [0, 0.1) is 0 Å². The average molecular weight is 380 g/mol. The van der Waals surface area contributed by atoms with Gasteiger partial charge in [-0.15, -0.1) is 0 Å². The molecule has 0 radical (unpaired) electrons. The molecule has 0 bridgehead atoms. The Hall–Kier alpha value is -0.720. The van der Waals surface area contributed by atoms with Crippen LogP contribution < -0.4 is 0 Å². The molecule has 0 saturated carbocycles. The average Bonchev–Trinajstić information content (AvgIpc) is 2.55. The lowest BCUT2D eigenvalue weighted by atomic mass is 10.1. The molecule has 3 N–H and O–H groups in total. The van der Waals surface area contributed by atoms with E-state index < -0.39 is 26.5 Å². The Morgan fingerprint density at radius 1 is 1.00 bits per heavy atom. The Balaban J connectivity index is 3.46. The number of aliphatic hydroxyl groups is 1. The minimum Gasteiger partial charge on any atom is -0.463 e. The molecule has 148 valence electrons. The van der Waals surface area contributed by atoms with Gasteiger partial charge in [0.1, 0.15) is 12.7 Å². The van der Waals surface area contributed by atoms with Gasteiger partial charge in [-0.2, -0.15) is 0 Å². The predicted molar refractivity (Wildman–Crippen MR) is 95.9 cm³/mol. The minimum absolute atomic E-state index is 0.271. The number of phosphoric acid groups is 1. The van der Waals surface area contributed by atoms with E-state index in [1.165, 1.54) is 25.7 Å². The molecule has 8 heteroatoms. The molecule has 0 rings (SSSR count). The van der Waals surface area contributed by atoms with E-state index >= 15 is 0 Å². The molecule has 0 aromatic carbocycles. The predicted octanol–water partition coefficient (Wildman–Crippen LogP) is 3.48. The second kappa shape index (κ2) is 15.5. The quantitative estimate of drug-likeness (QED) is 0.163. The first kappa shape index (κ1) is 24.3. The fraction of sp³-hybridized carbons (Fsp3) is 0.824. The Labute approximate surface area is 150 Å². The minimum atomic E-state index is -4.61. The maximum atomic E-state index is 11.5. The topological polar surface area (TPSA) is 113 Å². The first-order chi connectivity index (χ1) is 11.8. The smallest absolute Gasteiger partial charge is 0.463 e. The Bertz CT molecular complexity index is 406. The third kappa shape index (κ3) is 19.5. The van der Waals surface area contributed by atoms with Crippen LogP contribution in [-0.2, 0) is 18.6 Å². The third-order valence-corrected chi connectivity index (χ3v) is 4.00. The van der Waals surface area contributed by atoms with Gasteiger partial charge in [0, 0.05) is 6.42 Å². The summed E-state index contributed by atoms with van der Waals surface area (Å²) in [6.07, 6.45) is 13.4. The molecule has 0 aliphatic carbocycles. The van der Waals surface area contributed by atoms with Crippen molar-refractivity contribution < 1.29 is 33.5 Å². The highest BCUT2D eigenvalue weighted by Crippen LogP contribution is 2.35. The van der Waals surface area contributed by atoms with Crippen LogP contribution >= 0.6 is 7.82 Å². The molecule has 0 aromatic rings. The number of rotatable bonds is 16. The monoisotopic (exact) mass is 380 g/mol. The normalized spacial score (nSPS) is 13.3. The molecule has 0 aromatic heterocycles. The number of aliphatic hydroxyl groups excluding tert-OH is 1. The third-order valence-electron chi connectivity index (χ3n) is 3.51. The van der Waals surface area contributed by atoms with Crippen LogP contribution in [0.15, 0.2) is 12.2 Å². The van der Waals surface area contributed by atoms with Gasteiger partial charge in [-0.3, -0.25) is 9.32 Å². The lowest BCUT2D eigenvalue weighted by molar-refractivity contribution is -0.147. The van der Waals surface area contributed by atoms with E-state index in [0.29, 0.717) is 0 Å². The lowest BCUT2D eigenvalue weighted by Gasteiger charge is -2.12.